The van der Waals surface area contributed by atoms with E-state index >= 15 is 0 Å². The SMILES string of the molecule is COC(=O)c1cccc(CN2CCN3C[C@@H](F)C[C@H]3C2)c1. The Bertz CT molecular complexity index is 523. The molecule has 4 nitrogen and oxygen atoms in total. The number of halogens is 1. The summed E-state index contributed by atoms with van der Waals surface area (Å²) in [5.74, 6) is -0.308. The first-order chi connectivity index (χ1) is 10.2. The van der Waals surface area contributed by atoms with Crippen LogP contribution in [0.2, 0.25) is 0 Å². The number of carbonyl (C=O) groups excluding carboxylic acids is 1. The van der Waals surface area contributed by atoms with Crippen molar-refractivity contribution < 1.29 is 13.9 Å². The molecule has 0 radical (unpaired) electrons. The number of rotatable bonds is 3. The number of fused-ring (bicyclic) bond motifs is 1. The molecular weight excluding hydrogens is 271 g/mol. The molecule has 2 heterocycles. The Kier molecular flexibility index (Phi) is 4.22. The Morgan fingerprint density at radius 2 is 2.24 bits per heavy atom. The van der Waals surface area contributed by atoms with Crippen LogP contribution in [0, 0.1) is 0 Å². The molecule has 2 atom stereocenters. The zero-order valence-corrected chi connectivity index (χ0v) is 12.3. The molecule has 2 aliphatic heterocycles. The standard InChI is InChI=1S/C16H21FN2O2/c1-21-16(20)13-4-2-3-12(7-13)9-18-5-6-19-10-14(17)8-15(19)11-18/h2-4,7,14-15H,5-6,8-11H2,1H3/t14-,15-/m0/s1. The Hall–Kier alpha value is -1.46. The van der Waals surface area contributed by atoms with E-state index in [1.807, 2.05) is 18.2 Å². The number of benzene rings is 1. The van der Waals surface area contributed by atoms with E-state index in [4.69, 9.17) is 4.74 Å². The molecular formula is C16H21FN2O2. The lowest BCUT2D eigenvalue weighted by Gasteiger charge is -2.37. The topological polar surface area (TPSA) is 32.8 Å². The molecule has 0 unspecified atom stereocenters. The van der Waals surface area contributed by atoms with Crippen molar-refractivity contribution in [1.29, 1.82) is 0 Å². The van der Waals surface area contributed by atoms with Crippen LogP contribution in [0.3, 0.4) is 0 Å². The van der Waals surface area contributed by atoms with Crippen LogP contribution in [-0.2, 0) is 11.3 Å². The van der Waals surface area contributed by atoms with Crippen molar-refractivity contribution in [2.24, 2.45) is 0 Å². The smallest absolute Gasteiger partial charge is 0.337 e. The molecule has 0 aromatic heterocycles. The highest BCUT2D eigenvalue weighted by Gasteiger charge is 2.35. The second-order valence-corrected chi connectivity index (χ2v) is 5.91. The number of alkyl halides is 1. The van der Waals surface area contributed by atoms with E-state index in [9.17, 15) is 9.18 Å². The van der Waals surface area contributed by atoms with Crippen molar-refractivity contribution in [3.63, 3.8) is 0 Å². The average molecular weight is 292 g/mol. The molecule has 2 fully saturated rings. The monoisotopic (exact) mass is 292 g/mol. The fourth-order valence-electron chi connectivity index (χ4n) is 3.36. The van der Waals surface area contributed by atoms with Crippen molar-refractivity contribution in [2.45, 2.75) is 25.2 Å². The highest BCUT2D eigenvalue weighted by atomic mass is 19.1. The minimum Gasteiger partial charge on any atom is -0.465 e. The number of esters is 1. The van der Waals surface area contributed by atoms with Crippen LogP contribution < -0.4 is 0 Å². The molecule has 5 heteroatoms. The van der Waals surface area contributed by atoms with Crippen molar-refractivity contribution in [3.8, 4) is 0 Å². The lowest BCUT2D eigenvalue weighted by molar-refractivity contribution is 0.0600. The van der Waals surface area contributed by atoms with Gasteiger partial charge in [0, 0.05) is 38.8 Å². The maximum Gasteiger partial charge on any atom is 0.337 e. The van der Waals surface area contributed by atoms with Crippen LogP contribution in [0.5, 0.6) is 0 Å². The molecule has 0 bridgehead atoms. The normalized spacial score (nSPS) is 26.6. The molecule has 114 valence electrons. The van der Waals surface area contributed by atoms with Crippen LogP contribution in [0.1, 0.15) is 22.3 Å². The second-order valence-electron chi connectivity index (χ2n) is 5.91. The van der Waals surface area contributed by atoms with Gasteiger partial charge in [-0.1, -0.05) is 12.1 Å². The summed E-state index contributed by atoms with van der Waals surface area (Å²) in [4.78, 5) is 16.2. The van der Waals surface area contributed by atoms with Crippen molar-refractivity contribution in [3.05, 3.63) is 35.4 Å². The number of nitrogens with zero attached hydrogens (tertiary/aromatic N) is 2. The van der Waals surface area contributed by atoms with Gasteiger partial charge in [0.1, 0.15) is 6.17 Å². The Morgan fingerprint density at radius 1 is 1.38 bits per heavy atom. The summed E-state index contributed by atoms with van der Waals surface area (Å²) in [6.07, 6.45) is -0.0174. The van der Waals surface area contributed by atoms with Gasteiger partial charge in [0.15, 0.2) is 0 Å². The molecule has 0 aliphatic carbocycles. The number of hydrogen-bond donors (Lipinski definition) is 0. The van der Waals surface area contributed by atoms with Gasteiger partial charge in [-0.2, -0.15) is 0 Å². The van der Waals surface area contributed by atoms with Crippen molar-refractivity contribution >= 4 is 5.97 Å². The molecule has 1 aromatic rings. The first-order valence-electron chi connectivity index (χ1n) is 7.43. The van der Waals surface area contributed by atoms with Gasteiger partial charge >= 0.3 is 5.97 Å². The number of carbonyl (C=O) groups is 1. The predicted octanol–water partition coefficient (Wildman–Crippen LogP) is 1.70. The van der Waals surface area contributed by atoms with Crippen LogP contribution >= 0.6 is 0 Å². The molecule has 0 spiro atoms. The summed E-state index contributed by atoms with van der Waals surface area (Å²) >= 11 is 0. The largest absolute Gasteiger partial charge is 0.465 e. The van der Waals surface area contributed by atoms with E-state index in [-0.39, 0.29) is 5.97 Å². The molecule has 2 aliphatic rings. The average Bonchev–Trinajstić information content (AvgIpc) is 2.86. The van der Waals surface area contributed by atoms with Crippen molar-refractivity contribution in [2.75, 3.05) is 33.3 Å². The summed E-state index contributed by atoms with van der Waals surface area (Å²) in [6, 6.07) is 7.89. The predicted molar refractivity (Wildman–Crippen MR) is 77.9 cm³/mol. The lowest BCUT2D eigenvalue weighted by atomic mass is 10.1. The van der Waals surface area contributed by atoms with Crippen molar-refractivity contribution in [1.82, 2.24) is 9.80 Å². The van der Waals surface area contributed by atoms with Gasteiger partial charge in [-0.05, 0) is 24.1 Å². The van der Waals surface area contributed by atoms with Crippen LogP contribution in [0.4, 0.5) is 4.39 Å². The quantitative estimate of drug-likeness (QED) is 0.794. The third-order valence-electron chi connectivity index (χ3n) is 4.40. The van der Waals surface area contributed by atoms with E-state index in [1.165, 1.54) is 7.11 Å². The van der Waals surface area contributed by atoms with Gasteiger partial charge in [-0.15, -0.1) is 0 Å². The lowest BCUT2D eigenvalue weighted by Crippen LogP contribution is -2.49. The third-order valence-corrected chi connectivity index (χ3v) is 4.40. The van der Waals surface area contributed by atoms with E-state index in [0.29, 0.717) is 24.6 Å². The molecule has 3 rings (SSSR count). The third kappa shape index (κ3) is 3.24. The van der Waals surface area contributed by atoms with Gasteiger partial charge in [0.05, 0.1) is 12.7 Å². The van der Waals surface area contributed by atoms with E-state index < -0.39 is 6.17 Å². The summed E-state index contributed by atoms with van der Waals surface area (Å²) < 4.78 is 18.2. The summed E-state index contributed by atoms with van der Waals surface area (Å²) in [5, 5.41) is 0. The number of hydrogen-bond acceptors (Lipinski definition) is 4. The van der Waals surface area contributed by atoms with Crippen LogP contribution in [0.25, 0.3) is 0 Å². The Morgan fingerprint density at radius 3 is 3.05 bits per heavy atom. The molecule has 0 N–H and O–H groups in total. The van der Waals surface area contributed by atoms with Gasteiger partial charge < -0.3 is 4.74 Å². The van der Waals surface area contributed by atoms with E-state index in [2.05, 4.69) is 9.80 Å². The Labute approximate surface area is 124 Å². The van der Waals surface area contributed by atoms with E-state index in [0.717, 1.165) is 31.7 Å². The molecule has 0 amide bonds. The zero-order chi connectivity index (χ0) is 14.8. The summed E-state index contributed by atoms with van der Waals surface area (Å²) in [6.45, 7) is 4.18. The Balaban J connectivity index is 1.63. The minimum atomic E-state index is -0.669. The van der Waals surface area contributed by atoms with Gasteiger partial charge in [-0.3, -0.25) is 9.80 Å². The molecule has 0 saturated carbocycles. The summed E-state index contributed by atoms with van der Waals surface area (Å²) in [7, 11) is 1.39. The number of ether oxygens (including phenoxy) is 1. The van der Waals surface area contributed by atoms with E-state index in [1.54, 1.807) is 6.07 Å². The zero-order valence-electron chi connectivity index (χ0n) is 12.3. The fraction of sp³-hybridized carbons (Fsp3) is 0.562. The second kappa shape index (κ2) is 6.12. The maximum absolute atomic E-state index is 13.4. The minimum absolute atomic E-state index is 0.308. The van der Waals surface area contributed by atoms with Crippen LogP contribution in [-0.4, -0.2) is 61.3 Å². The van der Waals surface area contributed by atoms with Gasteiger partial charge in [-0.25, -0.2) is 9.18 Å². The highest BCUT2D eigenvalue weighted by Crippen LogP contribution is 2.24. The van der Waals surface area contributed by atoms with Gasteiger partial charge in [0.2, 0.25) is 0 Å². The first-order valence-corrected chi connectivity index (χ1v) is 7.43. The highest BCUT2D eigenvalue weighted by molar-refractivity contribution is 5.89. The molecule has 2 saturated heterocycles. The van der Waals surface area contributed by atoms with Crippen LogP contribution in [0.15, 0.2) is 24.3 Å². The molecule has 1 aromatic carbocycles. The number of piperazine rings is 1. The van der Waals surface area contributed by atoms with Gasteiger partial charge in [0.25, 0.3) is 0 Å². The number of methoxy groups -OCH3 is 1. The molecule has 21 heavy (non-hydrogen) atoms. The fourth-order valence-corrected chi connectivity index (χ4v) is 3.36. The first kappa shape index (κ1) is 14.5. The maximum atomic E-state index is 13.4. The summed E-state index contributed by atoms with van der Waals surface area (Å²) in [5.41, 5.74) is 1.68.